The molecule has 1 aromatic rings. The molecule has 0 bridgehead atoms. The third-order valence-electron chi connectivity index (χ3n) is 5.11. The highest BCUT2D eigenvalue weighted by Crippen LogP contribution is 2.30. The lowest BCUT2D eigenvalue weighted by atomic mass is 9.98. The summed E-state index contributed by atoms with van der Waals surface area (Å²) in [7, 11) is 0. The molecule has 27 heavy (non-hydrogen) atoms. The molecule has 8 heteroatoms. The molecular weight excluding hydrogens is 350 g/mol. The number of anilines is 1. The molecule has 0 aliphatic carbocycles. The molecular formula is C19H27N3O5. The highest BCUT2D eigenvalue weighted by Gasteiger charge is 2.36. The zero-order chi connectivity index (χ0) is 19.2. The summed E-state index contributed by atoms with van der Waals surface area (Å²) in [6, 6.07) is 6.85. The molecule has 0 radical (unpaired) electrons. The van der Waals surface area contributed by atoms with Crippen molar-refractivity contribution in [3.8, 4) is 0 Å². The molecule has 2 aliphatic rings. The first-order chi connectivity index (χ1) is 13.1. The van der Waals surface area contributed by atoms with Crippen molar-refractivity contribution in [2.75, 3.05) is 44.8 Å². The summed E-state index contributed by atoms with van der Waals surface area (Å²) in [6.45, 7) is 1.70. The molecule has 3 rings (SSSR count). The summed E-state index contributed by atoms with van der Waals surface area (Å²) in [5.74, 6) is -0.182. The zero-order valence-electron chi connectivity index (χ0n) is 15.3. The molecule has 148 valence electrons. The van der Waals surface area contributed by atoms with Crippen molar-refractivity contribution in [2.24, 2.45) is 11.7 Å². The van der Waals surface area contributed by atoms with Crippen LogP contribution in [0.5, 0.6) is 0 Å². The monoisotopic (exact) mass is 377 g/mol. The third kappa shape index (κ3) is 4.65. The third-order valence-corrected chi connectivity index (χ3v) is 5.11. The summed E-state index contributed by atoms with van der Waals surface area (Å²) in [5.41, 5.74) is 7.14. The molecule has 2 atom stereocenters. The van der Waals surface area contributed by atoms with Crippen molar-refractivity contribution in [3.63, 3.8) is 0 Å². The van der Waals surface area contributed by atoms with E-state index in [9.17, 15) is 14.7 Å². The number of aliphatic hydroxyl groups excluding tert-OH is 1. The number of amides is 2. The Kier molecular flexibility index (Phi) is 6.78. The smallest absolute Gasteiger partial charge is 0.249 e. The molecule has 2 saturated heterocycles. The lowest BCUT2D eigenvalue weighted by Gasteiger charge is -2.40. The van der Waals surface area contributed by atoms with Crippen LogP contribution in [0.1, 0.15) is 24.5 Å². The Morgan fingerprint density at radius 3 is 2.59 bits per heavy atom. The second kappa shape index (κ2) is 9.27. The maximum atomic E-state index is 12.3. The van der Waals surface area contributed by atoms with E-state index >= 15 is 0 Å². The number of aliphatic hydroxyl groups is 1. The Morgan fingerprint density at radius 1 is 1.26 bits per heavy atom. The number of rotatable bonds is 6. The van der Waals surface area contributed by atoms with Crippen LogP contribution >= 0.6 is 0 Å². The van der Waals surface area contributed by atoms with Gasteiger partial charge in [-0.15, -0.1) is 0 Å². The van der Waals surface area contributed by atoms with Gasteiger partial charge in [-0.1, -0.05) is 12.1 Å². The van der Waals surface area contributed by atoms with Gasteiger partial charge in [0.25, 0.3) is 0 Å². The average Bonchev–Trinajstić information content (AvgIpc) is 2.71. The average molecular weight is 377 g/mol. The Hall–Kier alpha value is -2.00. The fourth-order valence-electron chi connectivity index (χ4n) is 3.61. The van der Waals surface area contributed by atoms with Gasteiger partial charge in [-0.2, -0.15) is 0 Å². The number of nitrogens with zero attached hydrogens (tertiary/aromatic N) is 1. The van der Waals surface area contributed by atoms with Crippen molar-refractivity contribution in [2.45, 2.75) is 25.0 Å². The van der Waals surface area contributed by atoms with Crippen LogP contribution in [0, 0.1) is 5.92 Å². The molecule has 2 amide bonds. The minimum absolute atomic E-state index is 0.00733. The van der Waals surface area contributed by atoms with E-state index in [0.717, 1.165) is 18.4 Å². The van der Waals surface area contributed by atoms with Crippen molar-refractivity contribution in [1.29, 1.82) is 0 Å². The minimum atomic E-state index is -0.475. The molecule has 0 saturated carbocycles. The molecule has 0 spiro atoms. The van der Waals surface area contributed by atoms with Crippen LogP contribution in [-0.2, 0) is 19.1 Å². The van der Waals surface area contributed by atoms with Crippen LogP contribution in [0.2, 0.25) is 0 Å². The number of carbonyl (C=O) groups excluding carboxylic acids is 2. The van der Waals surface area contributed by atoms with E-state index < -0.39 is 12.1 Å². The normalized spacial score (nSPS) is 24.1. The number of nitrogens with one attached hydrogen (secondary N) is 1. The lowest BCUT2D eigenvalue weighted by Crippen LogP contribution is -2.54. The number of nitrogens with two attached hydrogens (primary N) is 1. The number of hydrogen-bond donors (Lipinski definition) is 3. The van der Waals surface area contributed by atoms with Gasteiger partial charge in [-0.25, -0.2) is 0 Å². The molecule has 2 fully saturated rings. The van der Waals surface area contributed by atoms with Crippen LogP contribution in [-0.4, -0.2) is 67.4 Å². The van der Waals surface area contributed by atoms with Gasteiger partial charge in [-0.3, -0.25) is 9.59 Å². The maximum absolute atomic E-state index is 12.3. The van der Waals surface area contributed by atoms with Crippen molar-refractivity contribution in [3.05, 3.63) is 29.8 Å². The number of benzene rings is 1. The first-order valence-electron chi connectivity index (χ1n) is 9.34. The predicted octanol–water partition coefficient (Wildman–Crippen LogP) is 0.271. The molecule has 2 heterocycles. The van der Waals surface area contributed by atoms with Gasteiger partial charge in [0.2, 0.25) is 11.8 Å². The van der Waals surface area contributed by atoms with E-state index in [4.69, 9.17) is 15.2 Å². The summed E-state index contributed by atoms with van der Waals surface area (Å²) in [6.07, 6.45) is 1.05. The Morgan fingerprint density at radius 2 is 1.96 bits per heavy atom. The van der Waals surface area contributed by atoms with Gasteiger partial charge in [0.1, 0.15) is 12.7 Å². The van der Waals surface area contributed by atoms with Gasteiger partial charge in [-0.05, 0) is 30.5 Å². The summed E-state index contributed by atoms with van der Waals surface area (Å²) in [5, 5.41) is 12.7. The first kappa shape index (κ1) is 19.8. The topological polar surface area (TPSA) is 114 Å². The summed E-state index contributed by atoms with van der Waals surface area (Å²) >= 11 is 0. The van der Waals surface area contributed by atoms with E-state index in [-0.39, 0.29) is 30.9 Å². The number of carbonyl (C=O) groups is 2. The van der Waals surface area contributed by atoms with Crippen LogP contribution in [0.4, 0.5) is 5.69 Å². The summed E-state index contributed by atoms with van der Waals surface area (Å²) < 4.78 is 11.0. The molecule has 0 unspecified atom stereocenters. The summed E-state index contributed by atoms with van der Waals surface area (Å²) in [4.78, 5) is 25.9. The van der Waals surface area contributed by atoms with E-state index in [1.165, 1.54) is 0 Å². The van der Waals surface area contributed by atoms with E-state index in [2.05, 4.69) is 5.32 Å². The van der Waals surface area contributed by atoms with Crippen molar-refractivity contribution >= 4 is 17.5 Å². The zero-order valence-corrected chi connectivity index (χ0v) is 15.3. The highest BCUT2D eigenvalue weighted by atomic mass is 16.5. The van der Waals surface area contributed by atoms with Gasteiger partial charge in [0.15, 0.2) is 0 Å². The predicted molar refractivity (Wildman–Crippen MR) is 98.9 cm³/mol. The quantitative estimate of drug-likeness (QED) is 0.656. The van der Waals surface area contributed by atoms with Crippen LogP contribution in [0.3, 0.4) is 0 Å². The fraction of sp³-hybridized carbons (Fsp3) is 0.579. The van der Waals surface area contributed by atoms with Crippen molar-refractivity contribution < 1.29 is 24.2 Å². The first-order valence-corrected chi connectivity index (χ1v) is 9.34. The minimum Gasteiger partial charge on any atom is -0.394 e. The number of hydrogen-bond acceptors (Lipinski definition) is 6. The largest absolute Gasteiger partial charge is 0.394 e. The fourth-order valence-corrected chi connectivity index (χ4v) is 3.61. The van der Waals surface area contributed by atoms with Gasteiger partial charge in [0.05, 0.1) is 12.6 Å². The molecule has 0 aromatic heterocycles. The number of ether oxygens (including phenoxy) is 2. The van der Waals surface area contributed by atoms with Crippen molar-refractivity contribution in [1.82, 2.24) is 4.90 Å². The SMILES string of the molecule is NCCN1C(=O)CO[C@H](c2ccc(NC(=O)C3CCOCC3)cc2)[C@H]1CO. The van der Waals surface area contributed by atoms with E-state index in [0.29, 0.717) is 32.0 Å². The van der Waals surface area contributed by atoms with Gasteiger partial charge < -0.3 is 30.5 Å². The lowest BCUT2D eigenvalue weighted by molar-refractivity contribution is -0.160. The standard InChI is InChI=1S/C19H27N3O5/c20-7-8-22-16(11-23)18(27-12-17(22)24)13-1-3-15(4-2-13)21-19(25)14-5-9-26-10-6-14/h1-4,14,16,18,23H,5-12,20H2,(H,21,25)/t16-,18-/m1/s1. The molecule has 8 nitrogen and oxygen atoms in total. The Bertz CT molecular complexity index is 645. The van der Waals surface area contributed by atoms with Crippen LogP contribution in [0.15, 0.2) is 24.3 Å². The molecule has 1 aromatic carbocycles. The van der Waals surface area contributed by atoms with Crippen LogP contribution in [0.25, 0.3) is 0 Å². The van der Waals surface area contributed by atoms with Crippen LogP contribution < -0.4 is 11.1 Å². The van der Waals surface area contributed by atoms with Gasteiger partial charge >= 0.3 is 0 Å². The maximum Gasteiger partial charge on any atom is 0.249 e. The van der Waals surface area contributed by atoms with E-state index in [1.807, 2.05) is 24.3 Å². The molecule has 4 N–H and O–H groups in total. The van der Waals surface area contributed by atoms with E-state index in [1.54, 1.807) is 4.90 Å². The molecule has 2 aliphatic heterocycles. The second-order valence-corrected chi connectivity index (χ2v) is 6.86. The number of morpholine rings is 1. The second-order valence-electron chi connectivity index (χ2n) is 6.86. The Labute approximate surface area is 158 Å². The highest BCUT2D eigenvalue weighted by molar-refractivity contribution is 5.92. The Balaban J connectivity index is 1.66. The van der Waals surface area contributed by atoms with Gasteiger partial charge in [0, 0.05) is 37.9 Å².